The second-order valence-corrected chi connectivity index (χ2v) is 17.9. The molecule has 0 unspecified atom stereocenters. The van der Waals surface area contributed by atoms with Crippen LogP contribution in [0, 0.1) is 0 Å². The number of allylic oxidation sites excluding steroid dienone is 2. The molecule has 1 heterocycles. The number of hydrogen-bond acceptors (Lipinski definition) is 3. The number of imidazole rings is 1. The van der Waals surface area contributed by atoms with Crippen LogP contribution in [0.5, 0.6) is 0 Å². The molecular formula is C40H52BF3N2S2. The quantitative estimate of drug-likeness (QED) is 0.0601. The summed E-state index contributed by atoms with van der Waals surface area (Å²) in [5.74, 6) is 0. The van der Waals surface area contributed by atoms with Gasteiger partial charge in [-0.15, -0.1) is 23.5 Å². The molecule has 1 aromatic heterocycles. The monoisotopic (exact) mass is 692 g/mol. The number of thioether (sulfide) groups is 2. The summed E-state index contributed by atoms with van der Waals surface area (Å²) in [6.45, 7) is 15.4. The highest BCUT2D eigenvalue weighted by molar-refractivity contribution is 8.00. The summed E-state index contributed by atoms with van der Waals surface area (Å²) in [7, 11) is 0. The van der Waals surface area contributed by atoms with Gasteiger partial charge in [0.05, 0.1) is 6.33 Å². The first-order chi connectivity index (χ1) is 22.6. The second-order valence-electron chi connectivity index (χ2n) is 14.1. The zero-order chi connectivity index (χ0) is 35.2. The molecule has 0 aliphatic heterocycles. The lowest BCUT2D eigenvalue weighted by molar-refractivity contribution is -0.0800. The summed E-state index contributed by atoms with van der Waals surface area (Å²) < 4.78 is 39.8. The SMILES string of the molecule is CC(C)(C)Sc1ccc(B(CCC=CC(F)(F)F)c2ccc(SC(C)(C)C)cc2)cc1.CCCCCCc1ccc(-n2ccnc2)cc1. The van der Waals surface area contributed by atoms with E-state index in [2.05, 4.69) is 126 Å². The fourth-order valence-corrected chi connectivity index (χ4v) is 7.21. The maximum Gasteiger partial charge on any atom is 0.409 e. The molecule has 8 heteroatoms. The lowest BCUT2D eigenvalue weighted by Crippen LogP contribution is -2.41. The van der Waals surface area contributed by atoms with Crippen molar-refractivity contribution in [1.29, 1.82) is 0 Å². The predicted molar refractivity (Wildman–Crippen MR) is 205 cm³/mol. The zero-order valence-corrected chi connectivity index (χ0v) is 31.3. The van der Waals surface area contributed by atoms with Gasteiger partial charge < -0.3 is 4.57 Å². The number of hydrogen-bond donors (Lipinski definition) is 0. The van der Waals surface area contributed by atoms with Crippen molar-refractivity contribution in [3.8, 4) is 5.69 Å². The molecule has 0 N–H and O–H groups in total. The molecule has 0 bridgehead atoms. The summed E-state index contributed by atoms with van der Waals surface area (Å²) in [5, 5.41) is 0. The van der Waals surface area contributed by atoms with Crippen LogP contribution in [0.15, 0.2) is 113 Å². The summed E-state index contributed by atoms with van der Waals surface area (Å²) in [5.41, 5.74) is 4.88. The van der Waals surface area contributed by atoms with Crippen LogP contribution in [0.25, 0.3) is 5.69 Å². The lowest BCUT2D eigenvalue weighted by atomic mass is 9.38. The highest BCUT2D eigenvalue weighted by Gasteiger charge is 2.23. The van der Waals surface area contributed by atoms with Crippen LogP contribution in [0.3, 0.4) is 0 Å². The van der Waals surface area contributed by atoms with Gasteiger partial charge in [0.25, 0.3) is 0 Å². The van der Waals surface area contributed by atoms with Gasteiger partial charge in [0.1, 0.15) is 0 Å². The Kier molecular flexibility index (Phi) is 15.5. The maximum absolute atomic E-state index is 12.5. The Morgan fingerprint density at radius 1 is 0.729 bits per heavy atom. The molecule has 4 rings (SSSR count). The minimum Gasteiger partial charge on any atom is -0.306 e. The van der Waals surface area contributed by atoms with E-state index in [0.717, 1.165) is 10.9 Å². The zero-order valence-electron chi connectivity index (χ0n) is 29.7. The van der Waals surface area contributed by atoms with Crippen molar-refractivity contribution in [3.05, 3.63) is 109 Å². The molecule has 0 aliphatic carbocycles. The number of alkyl halides is 3. The largest absolute Gasteiger partial charge is 0.409 e. The molecule has 4 aromatic rings. The Bertz CT molecular complexity index is 1430. The van der Waals surface area contributed by atoms with E-state index in [0.29, 0.717) is 18.8 Å². The van der Waals surface area contributed by atoms with Gasteiger partial charge in [-0.1, -0.05) is 127 Å². The predicted octanol–water partition coefficient (Wildman–Crippen LogP) is 11.6. The van der Waals surface area contributed by atoms with Gasteiger partial charge in [0.15, 0.2) is 0 Å². The van der Waals surface area contributed by atoms with Crippen molar-refractivity contribution in [3.63, 3.8) is 0 Å². The summed E-state index contributed by atoms with van der Waals surface area (Å²) >= 11 is 3.62. The highest BCUT2D eigenvalue weighted by Crippen LogP contribution is 2.32. The normalized spacial score (nSPS) is 12.2. The number of aryl methyl sites for hydroxylation is 1. The van der Waals surface area contributed by atoms with Gasteiger partial charge in [-0.25, -0.2) is 4.98 Å². The minimum absolute atomic E-state index is 0.0558. The average Bonchev–Trinajstić information content (AvgIpc) is 3.55. The summed E-state index contributed by atoms with van der Waals surface area (Å²) in [4.78, 5) is 6.45. The molecule has 0 aliphatic rings. The highest BCUT2D eigenvalue weighted by atomic mass is 32.2. The van der Waals surface area contributed by atoms with Gasteiger partial charge in [0.2, 0.25) is 6.71 Å². The van der Waals surface area contributed by atoms with E-state index in [4.69, 9.17) is 0 Å². The third kappa shape index (κ3) is 15.6. The topological polar surface area (TPSA) is 17.8 Å². The molecule has 3 aromatic carbocycles. The van der Waals surface area contributed by atoms with Gasteiger partial charge in [-0.3, -0.25) is 0 Å². The van der Waals surface area contributed by atoms with Crippen molar-refractivity contribution in [1.82, 2.24) is 9.55 Å². The Morgan fingerprint density at radius 2 is 1.27 bits per heavy atom. The lowest BCUT2D eigenvalue weighted by Gasteiger charge is -2.20. The van der Waals surface area contributed by atoms with Crippen molar-refractivity contribution in [2.24, 2.45) is 0 Å². The molecule has 2 nitrogen and oxygen atoms in total. The molecule has 48 heavy (non-hydrogen) atoms. The number of benzene rings is 3. The van der Waals surface area contributed by atoms with E-state index >= 15 is 0 Å². The Hall–Kier alpha value is -2.84. The molecule has 0 fully saturated rings. The Morgan fingerprint density at radius 3 is 1.71 bits per heavy atom. The number of rotatable bonds is 13. The van der Waals surface area contributed by atoms with Gasteiger partial charge in [-0.2, -0.15) is 13.2 Å². The minimum atomic E-state index is -4.26. The van der Waals surface area contributed by atoms with Crippen LogP contribution in [0.2, 0.25) is 6.32 Å². The van der Waals surface area contributed by atoms with E-state index in [9.17, 15) is 13.2 Å². The number of nitrogens with zero attached hydrogens (tertiary/aromatic N) is 2. The first-order valence-electron chi connectivity index (χ1n) is 17.0. The first-order valence-corrected chi connectivity index (χ1v) is 18.6. The molecule has 0 saturated carbocycles. The molecular weight excluding hydrogens is 640 g/mol. The third-order valence-corrected chi connectivity index (χ3v) is 9.64. The second kappa shape index (κ2) is 18.8. The third-order valence-electron chi connectivity index (χ3n) is 7.40. The number of aromatic nitrogens is 2. The van der Waals surface area contributed by atoms with Crippen LogP contribution < -0.4 is 10.9 Å². The van der Waals surface area contributed by atoms with Crippen molar-refractivity contribution >= 4 is 41.2 Å². The van der Waals surface area contributed by atoms with Crippen LogP contribution in [-0.4, -0.2) is 31.9 Å². The van der Waals surface area contributed by atoms with Gasteiger partial charge in [-0.05, 0) is 61.2 Å². The van der Waals surface area contributed by atoms with Crippen LogP contribution >= 0.6 is 23.5 Å². The molecule has 0 radical (unpaired) electrons. The van der Waals surface area contributed by atoms with Gasteiger partial charge >= 0.3 is 6.18 Å². The smallest absolute Gasteiger partial charge is 0.306 e. The first kappa shape index (κ1) is 39.6. The van der Waals surface area contributed by atoms with Crippen molar-refractivity contribution < 1.29 is 13.2 Å². The fourth-order valence-electron chi connectivity index (χ4n) is 5.25. The van der Waals surface area contributed by atoms with E-state index in [1.165, 1.54) is 59.2 Å². The van der Waals surface area contributed by atoms with E-state index < -0.39 is 6.18 Å². The molecule has 0 spiro atoms. The average molecular weight is 693 g/mol. The van der Waals surface area contributed by atoms with E-state index in [1.54, 1.807) is 6.20 Å². The van der Waals surface area contributed by atoms with Crippen LogP contribution in [0.1, 0.15) is 86.1 Å². The Balaban J connectivity index is 0.000000308. The summed E-state index contributed by atoms with van der Waals surface area (Å²) in [6.07, 6.45) is 10.4. The standard InChI is InChI=1S/C25H32BF3S2.C15H20N2/c1-23(2,3)30-21-13-9-19(10-14-21)26(18-8-7-17-25(27,28)29)20-11-15-22(16-12-20)31-24(4,5)6;1-2-3-4-5-6-14-7-9-15(10-8-14)17-12-11-16-13-17/h7,9-17H,8,18H2,1-6H3;7-13H,2-6H2,1H3. The van der Waals surface area contributed by atoms with Crippen LogP contribution in [-0.2, 0) is 6.42 Å². The van der Waals surface area contributed by atoms with Crippen molar-refractivity contribution in [2.75, 3.05) is 0 Å². The maximum atomic E-state index is 12.5. The molecule has 0 amide bonds. The summed E-state index contributed by atoms with van der Waals surface area (Å²) in [6, 6.07) is 25.7. The van der Waals surface area contributed by atoms with E-state index in [-0.39, 0.29) is 16.2 Å². The molecule has 258 valence electrons. The fraction of sp³-hybridized carbons (Fsp3) is 0.425. The molecule has 0 saturated heterocycles. The Labute approximate surface area is 296 Å². The molecule has 0 atom stereocenters. The van der Waals surface area contributed by atoms with Crippen LogP contribution in [0.4, 0.5) is 13.2 Å². The van der Waals surface area contributed by atoms with Crippen molar-refractivity contribution in [2.45, 2.75) is 119 Å². The number of halogens is 3. The van der Waals surface area contributed by atoms with E-state index in [1.807, 2.05) is 40.6 Å². The number of unbranched alkanes of at least 4 members (excludes halogenated alkanes) is 3. The van der Waals surface area contributed by atoms with Gasteiger partial charge in [0, 0.05) is 43.4 Å².